The van der Waals surface area contributed by atoms with Gasteiger partial charge in [-0.15, -0.1) is 0 Å². The van der Waals surface area contributed by atoms with Crippen LogP contribution in [0.2, 0.25) is 0 Å². The number of esters is 1. The van der Waals surface area contributed by atoms with Crippen LogP contribution in [0.25, 0.3) is 0 Å². The van der Waals surface area contributed by atoms with Crippen LogP contribution in [0.5, 0.6) is 0 Å². The molecule has 0 saturated heterocycles. The highest BCUT2D eigenvalue weighted by Crippen LogP contribution is 2.72. The van der Waals surface area contributed by atoms with Crippen LogP contribution in [0.4, 0.5) is 5.69 Å². The fraction of sp³-hybridized carbons (Fsp3) is 0.732. The summed E-state index contributed by atoms with van der Waals surface area (Å²) in [6.45, 7) is 22.2. The first-order valence-corrected chi connectivity index (χ1v) is 18.2. The number of aliphatic hydroxyl groups excluding tert-OH is 1. The summed E-state index contributed by atoms with van der Waals surface area (Å²) in [4.78, 5) is 11.4. The molecule has 45 heavy (non-hydrogen) atoms. The van der Waals surface area contributed by atoms with E-state index in [9.17, 15) is 9.90 Å². The van der Waals surface area contributed by atoms with E-state index < -0.39 is 0 Å². The molecule has 0 radical (unpaired) electrons. The van der Waals surface area contributed by atoms with Crippen molar-refractivity contribution in [3.8, 4) is 0 Å². The molecule has 0 bridgehead atoms. The molecule has 1 aromatic carbocycles. The number of hydrogen-bond acceptors (Lipinski definition) is 4. The topological polar surface area (TPSA) is 72.5 Å². The third-order valence-corrected chi connectivity index (χ3v) is 13.5. The zero-order valence-corrected chi connectivity index (χ0v) is 30.2. The number of benzene rings is 1. The van der Waals surface area contributed by atoms with Gasteiger partial charge in [-0.3, -0.25) is 0 Å². The van der Waals surface area contributed by atoms with E-state index >= 15 is 0 Å². The number of ether oxygens (including phenoxy) is 1. The summed E-state index contributed by atoms with van der Waals surface area (Å²) in [6, 6.07) is 6.72. The smallest absolute Gasteiger partial charge is 0.338 e. The Kier molecular flexibility index (Phi) is 11.1. The molecular weight excluding hydrogens is 554 g/mol. The number of aliphatic hydroxyl groups is 1. The molecule has 0 spiro atoms. The quantitative estimate of drug-likeness (QED) is 0.131. The minimum atomic E-state index is -0.279. The largest absolute Gasteiger partial charge is 0.462 e. The zero-order chi connectivity index (χ0) is 33.2. The fourth-order valence-corrected chi connectivity index (χ4v) is 10.5. The van der Waals surface area contributed by atoms with Gasteiger partial charge in [0.25, 0.3) is 0 Å². The van der Waals surface area contributed by atoms with Crippen LogP contribution in [0.1, 0.15) is 150 Å². The Hall–Kier alpha value is -2.07. The first-order chi connectivity index (χ1) is 21.1. The SMILES string of the molecule is CC(C)=CCCC(C)C1CCC2(C)C3=C(CCC12C)C1(C)CCC(O)C(C)(C)C1CC3.CCCCOC(=O)c1ccc(N)cc1. The van der Waals surface area contributed by atoms with E-state index in [1.54, 1.807) is 24.3 Å². The maximum Gasteiger partial charge on any atom is 0.338 e. The van der Waals surface area contributed by atoms with Crippen molar-refractivity contribution in [3.05, 3.63) is 52.6 Å². The van der Waals surface area contributed by atoms with Gasteiger partial charge in [-0.2, -0.15) is 0 Å². The molecule has 7 atom stereocenters. The molecule has 7 unspecified atom stereocenters. The van der Waals surface area contributed by atoms with Crippen LogP contribution in [0.3, 0.4) is 0 Å². The first kappa shape index (κ1) is 35.8. The average molecular weight is 620 g/mol. The highest BCUT2D eigenvalue weighted by atomic mass is 16.5. The molecule has 1 aromatic rings. The number of unbranched alkanes of at least 4 members (excludes halogenated alkanes) is 1. The maximum absolute atomic E-state index is 11.4. The van der Waals surface area contributed by atoms with Crippen molar-refractivity contribution in [3.63, 3.8) is 0 Å². The Bertz CT molecular complexity index is 1240. The number of allylic oxidation sites excluding steroid dienone is 4. The third-order valence-electron chi connectivity index (χ3n) is 13.5. The van der Waals surface area contributed by atoms with Crippen molar-refractivity contribution < 1.29 is 14.6 Å². The molecule has 2 saturated carbocycles. The second kappa shape index (κ2) is 14.0. The normalized spacial score (nSPS) is 34.0. The lowest BCUT2D eigenvalue weighted by Gasteiger charge is -2.62. The Morgan fingerprint density at radius 2 is 1.69 bits per heavy atom. The van der Waals surface area contributed by atoms with Gasteiger partial charge in [-0.1, -0.05) is 77.7 Å². The van der Waals surface area contributed by atoms with E-state index in [4.69, 9.17) is 10.5 Å². The predicted molar refractivity (Wildman–Crippen MR) is 189 cm³/mol. The number of nitrogens with two attached hydrogens (primary N) is 1. The number of carbonyl (C=O) groups excluding carboxylic acids is 1. The van der Waals surface area contributed by atoms with Crippen molar-refractivity contribution in [2.75, 3.05) is 12.3 Å². The van der Waals surface area contributed by atoms with Crippen LogP contribution in [0, 0.1) is 39.4 Å². The van der Waals surface area contributed by atoms with E-state index in [0.29, 0.717) is 40.0 Å². The molecular formula is C41H65NO3. The minimum Gasteiger partial charge on any atom is -0.462 e. The lowest BCUT2D eigenvalue weighted by atomic mass is 9.43. The molecule has 4 heteroatoms. The molecule has 3 N–H and O–H groups in total. The molecule has 4 aliphatic carbocycles. The molecule has 4 nitrogen and oxygen atoms in total. The van der Waals surface area contributed by atoms with Crippen LogP contribution in [-0.4, -0.2) is 23.8 Å². The summed E-state index contributed by atoms with van der Waals surface area (Å²) in [5.74, 6) is 2.04. The van der Waals surface area contributed by atoms with Gasteiger partial charge in [0.15, 0.2) is 0 Å². The van der Waals surface area contributed by atoms with Gasteiger partial charge in [0.1, 0.15) is 0 Å². The van der Waals surface area contributed by atoms with Gasteiger partial charge in [0, 0.05) is 5.69 Å². The number of hydrogen-bond donors (Lipinski definition) is 2. The first-order valence-electron chi connectivity index (χ1n) is 18.2. The number of rotatable bonds is 8. The van der Waals surface area contributed by atoms with E-state index in [0.717, 1.165) is 31.1 Å². The summed E-state index contributed by atoms with van der Waals surface area (Å²) in [6.07, 6.45) is 17.1. The Morgan fingerprint density at radius 3 is 2.33 bits per heavy atom. The van der Waals surface area contributed by atoms with Gasteiger partial charge in [-0.25, -0.2) is 4.79 Å². The maximum atomic E-state index is 11.4. The molecule has 4 aliphatic rings. The summed E-state index contributed by atoms with van der Waals surface area (Å²) >= 11 is 0. The average Bonchev–Trinajstić information content (AvgIpc) is 3.27. The van der Waals surface area contributed by atoms with Crippen LogP contribution in [-0.2, 0) is 4.74 Å². The Morgan fingerprint density at radius 1 is 1.00 bits per heavy atom. The lowest BCUT2D eigenvalue weighted by molar-refractivity contribution is -0.0962. The van der Waals surface area contributed by atoms with Crippen molar-refractivity contribution in [2.24, 2.45) is 39.4 Å². The summed E-state index contributed by atoms with van der Waals surface area (Å²) in [5.41, 5.74) is 13.1. The van der Waals surface area contributed by atoms with Crippen molar-refractivity contribution in [1.29, 1.82) is 0 Å². The predicted octanol–water partition coefficient (Wildman–Crippen LogP) is 10.7. The van der Waals surface area contributed by atoms with Crippen molar-refractivity contribution in [2.45, 2.75) is 145 Å². The number of nitrogen functional groups attached to an aromatic ring is 1. The second-order valence-corrected chi connectivity index (χ2v) is 16.7. The van der Waals surface area contributed by atoms with E-state index in [2.05, 4.69) is 68.4 Å². The zero-order valence-electron chi connectivity index (χ0n) is 30.2. The molecule has 5 rings (SSSR count). The summed E-state index contributed by atoms with van der Waals surface area (Å²) < 4.78 is 5.03. The van der Waals surface area contributed by atoms with Crippen molar-refractivity contribution >= 4 is 11.7 Å². The number of carbonyl (C=O) groups is 1. The minimum absolute atomic E-state index is 0.0465. The molecule has 0 aromatic heterocycles. The third kappa shape index (κ3) is 6.83. The summed E-state index contributed by atoms with van der Waals surface area (Å²) in [5, 5.41) is 10.8. The van der Waals surface area contributed by atoms with E-state index in [-0.39, 0.29) is 17.5 Å². The lowest BCUT2D eigenvalue weighted by Crippen LogP contribution is -2.55. The van der Waals surface area contributed by atoms with Crippen molar-refractivity contribution in [1.82, 2.24) is 0 Å². The standard InChI is InChI=1S/C30H50O.C11H15NO2/c1-20(2)10-9-11-21(3)22-14-18-30(8)24-12-13-25-27(4,5)26(31)16-17-28(25,6)23(24)15-19-29(22,30)7;1-2-3-8-14-11(13)9-4-6-10(12)7-5-9/h10,21-22,25-26,31H,9,11-19H2,1-8H3;4-7H,2-3,8,12H2,1H3. The van der Waals surface area contributed by atoms with Crippen LogP contribution >= 0.6 is 0 Å². The van der Waals surface area contributed by atoms with E-state index in [1.165, 1.54) is 63.4 Å². The monoisotopic (exact) mass is 619 g/mol. The number of anilines is 1. The molecule has 0 heterocycles. The van der Waals surface area contributed by atoms with Crippen LogP contribution in [0.15, 0.2) is 47.1 Å². The van der Waals surface area contributed by atoms with Gasteiger partial charge in [0.2, 0.25) is 0 Å². The molecule has 0 amide bonds. The van der Waals surface area contributed by atoms with Gasteiger partial charge < -0.3 is 15.6 Å². The van der Waals surface area contributed by atoms with Crippen LogP contribution < -0.4 is 5.73 Å². The Balaban J connectivity index is 0.000000276. The highest BCUT2D eigenvalue weighted by Gasteiger charge is 2.63. The summed E-state index contributed by atoms with van der Waals surface area (Å²) in [7, 11) is 0. The van der Waals surface area contributed by atoms with Gasteiger partial charge in [-0.05, 0) is 148 Å². The molecule has 0 aliphatic heterocycles. The molecule has 2 fully saturated rings. The van der Waals surface area contributed by atoms with Gasteiger partial charge in [0.05, 0.1) is 18.3 Å². The van der Waals surface area contributed by atoms with Gasteiger partial charge >= 0.3 is 5.97 Å². The number of fused-ring (bicyclic) bond motifs is 4. The Labute approximate surface area is 275 Å². The second-order valence-electron chi connectivity index (χ2n) is 16.7. The fourth-order valence-electron chi connectivity index (χ4n) is 10.5. The highest BCUT2D eigenvalue weighted by molar-refractivity contribution is 5.89. The molecule has 252 valence electrons. The van der Waals surface area contributed by atoms with E-state index in [1.807, 2.05) is 11.1 Å².